The van der Waals surface area contributed by atoms with Crippen LogP contribution in [0.1, 0.15) is 36.3 Å². The zero-order chi connectivity index (χ0) is 10.1. The van der Waals surface area contributed by atoms with Crippen molar-refractivity contribution < 1.29 is 9.18 Å². The van der Waals surface area contributed by atoms with Gasteiger partial charge in [0.25, 0.3) is 0 Å². The van der Waals surface area contributed by atoms with Crippen molar-refractivity contribution in [1.82, 2.24) is 0 Å². The smallest absolute Gasteiger partial charge is 0.133 e. The number of Topliss-reactive ketones (excluding diaryl/α,β-unsaturated/α-hetero) is 1. The van der Waals surface area contributed by atoms with Gasteiger partial charge in [-0.3, -0.25) is 4.79 Å². The fourth-order valence-electron chi connectivity index (χ4n) is 2.18. The van der Waals surface area contributed by atoms with E-state index in [2.05, 4.69) is 0 Å². The molecule has 0 aliphatic heterocycles. The first kappa shape index (κ1) is 9.38. The van der Waals surface area contributed by atoms with E-state index in [1.807, 2.05) is 13.0 Å². The fourth-order valence-corrected chi connectivity index (χ4v) is 2.18. The molecule has 2 rings (SSSR count). The molecule has 1 nitrogen and oxygen atoms in total. The van der Waals surface area contributed by atoms with Crippen molar-refractivity contribution in [3.05, 3.63) is 35.1 Å². The second-order valence-electron chi connectivity index (χ2n) is 3.98. The van der Waals surface area contributed by atoms with Crippen molar-refractivity contribution in [2.24, 2.45) is 0 Å². The number of rotatable bonds is 1. The lowest BCUT2D eigenvalue weighted by Crippen LogP contribution is -1.97. The molecule has 14 heavy (non-hydrogen) atoms. The Bertz CT molecular complexity index is 371. The summed E-state index contributed by atoms with van der Waals surface area (Å²) < 4.78 is 12.8. The molecule has 1 aromatic carbocycles. The largest absolute Gasteiger partial charge is 0.300 e. The first-order chi connectivity index (χ1) is 6.66. The van der Waals surface area contributed by atoms with Gasteiger partial charge in [0.2, 0.25) is 0 Å². The summed E-state index contributed by atoms with van der Waals surface area (Å²) in [7, 11) is 0. The van der Waals surface area contributed by atoms with Crippen molar-refractivity contribution in [3.63, 3.8) is 0 Å². The molecule has 74 valence electrons. The van der Waals surface area contributed by atoms with Gasteiger partial charge in [0, 0.05) is 12.8 Å². The second-order valence-corrected chi connectivity index (χ2v) is 3.98. The van der Waals surface area contributed by atoms with Crippen LogP contribution in [0.2, 0.25) is 0 Å². The minimum Gasteiger partial charge on any atom is -0.300 e. The summed E-state index contributed by atoms with van der Waals surface area (Å²) in [4.78, 5) is 11.1. The summed E-state index contributed by atoms with van der Waals surface area (Å²) in [6.45, 7) is 1.90. The Labute approximate surface area is 82.9 Å². The molecule has 1 aliphatic carbocycles. The van der Waals surface area contributed by atoms with Crippen molar-refractivity contribution >= 4 is 5.78 Å². The van der Waals surface area contributed by atoms with Gasteiger partial charge < -0.3 is 0 Å². The minimum atomic E-state index is -0.199. The lowest BCUT2D eigenvalue weighted by Gasteiger charge is -2.11. The lowest BCUT2D eigenvalue weighted by molar-refractivity contribution is -0.117. The van der Waals surface area contributed by atoms with Crippen LogP contribution in [0.15, 0.2) is 18.2 Å². The molecule has 0 spiro atoms. The highest BCUT2D eigenvalue weighted by atomic mass is 19.1. The first-order valence-corrected chi connectivity index (χ1v) is 4.94. The number of hydrogen-bond donors (Lipinski definition) is 0. The van der Waals surface area contributed by atoms with Gasteiger partial charge in [0.1, 0.15) is 11.6 Å². The van der Waals surface area contributed by atoms with Crippen LogP contribution in [0, 0.1) is 12.7 Å². The Kier molecular flexibility index (Phi) is 2.36. The number of carbonyl (C=O) groups excluding carboxylic acids is 1. The van der Waals surface area contributed by atoms with E-state index in [0.29, 0.717) is 24.5 Å². The van der Waals surface area contributed by atoms with Crippen LogP contribution >= 0.6 is 0 Å². The maximum atomic E-state index is 12.8. The summed E-state index contributed by atoms with van der Waals surface area (Å²) in [5, 5.41) is 0. The van der Waals surface area contributed by atoms with Crippen molar-refractivity contribution in [2.75, 3.05) is 0 Å². The summed E-state index contributed by atoms with van der Waals surface area (Å²) in [5.41, 5.74) is 2.10. The Balaban J connectivity index is 2.28. The minimum absolute atomic E-state index is 0.199. The normalized spacial score (nSPS) is 21.6. The molecule has 2 heteroatoms. The highest BCUT2D eigenvalue weighted by Crippen LogP contribution is 2.33. The SMILES string of the molecule is Cc1cc(F)ccc1C1CCC(=O)C1. The van der Waals surface area contributed by atoms with Crippen molar-refractivity contribution in [2.45, 2.75) is 32.1 Å². The maximum Gasteiger partial charge on any atom is 0.133 e. The van der Waals surface area contributed by atoms with Crippen LogP contribution in [-0.4, -0.2) is 5.78 Å². The van der Waals surface area contributed by atoms with E-state index in [1.54, 1.807) is 0 Å². The first-order valence-electron chi connectivity index (χ1n) is 4.94. The van der Waals surface area contributed by atoms with Crippen LogP contribution in [0.5, 0.6) is 0 Å². The van der Waals surface area contributed by atoms with Gasteiger partial charge in [-0.15, -0.1) is 0 Å². The Morgan fingerprint density at radius 2 is 2.21 bits per heavy atom. The number of carbonyl (C=O) groups is 1. The standard InChI is InChI=1S/C12H13FO/c1-8-6-10(13)3-5-12(8)9-2-4-11(14)7-9/h3,5-6,9H,2,4,7H2,1H3. The fraction of sp³-hybridized carbons (Fsp3) is 0.417. The lowest BCUT2D eigenvalue weighted by atomic mass is 9.93. The third-order valence-electron chi connectivity index (χ3n) is 2.92. The number of aryl methyl sites for hydroxylation is 1. The van der Waals surface area contributed by atoms with Crippen LogP contribution in [0.4, 0.5) is 4.39 Å². The van der Waals surface area contributed by atoms with Gasteiger partial charge in [-0.25, -0.2) is 4.39 Å². The molecule has 1 saturated carbocycles. The highest BCUT2D eigenvalue weighted by Gasteiger charge is 2.24. The van der Waals surface area contributed by atoms with E-state index < -0.39 is 0 Å². The van der Waals surface area contributed by atoms with E-state index in [-0.39, 0.29) is 5.82 Å². The molecule has 0 amide bonds. The average Bonchev–Trinajstić information content (AvgIpc) is 2.51. The summed E-state index contributed by atoms with van der Waals surface area (Å²) in [6, 6.07) is 4.83. The zero-order valence-electron chi connectivity index (χ0n) is 8.22. The predicted octanol–water partition coefficient (Wildman–Crippen LogP) is 2.97. The van der Waals surface area contributed by atoms with Gasteiger partial charge in [0.05, 0.1) is 0 Å². The monoisotopic (exact) mass is 192 g/mol. The average molecular weight is 192 g/mol. The van der Waals surface area contributed by atoms with Crippen LogP contribution < -0.4 is 0 Å². The van der Waals surface area contributed by atoms with Gasteiger partial charge in [-0.05, 0) is 42.5 Å². The third-order valence-corrected chi connectivity index (χ3v) is 2.92. The highest BCUT2D eigenvalue weighted by molar-refractivity contribution is 5.81. The molecule has 0 bridgehead atoms. The van der Waals surface area contributed by atoms with E-state index in [9.17, 15) is 9.18 Å². The van der Waals surface area contributed by atoms with Gasteiger partial charge >= 0.3 is 0 Å². The molecule has 0 N–H and O–H groups in total. The number of halogens is 1. The summed E-state index contributed by atoms with van der Waals surface area (Å²) >= 11 is 0. The van der Waals surface area contributed by atoms with Crippen LogP contribution in [0.3, 0.4) is 0 Å². The Morgan fingerprint density at radius 1 is 1.43 bits per heavy atom. The van der Waals surface area contributed by atoms with Gasteiger partial charge in [0.15, 0.2) is 0 Å². The van der Waals surface area contributed by atoms with E-state index in [4.69, 9.17) is 0 Å². The summed E-state index contributed by atoms with van der Waals surface area (Å²) in [6.07, 6.45) is 2.24. The number of benzene rings is 1. The third kappa shape index (κ3) is 1.69. The maximum absolute atomic E-state index is 12.8. The number of hydrogen-bond acceptors (Lipinski definition) is 1. The molecule has 1 atom stereocenters. The molecule has 1 unspecified atom stereocenters. The molecule has 1 fully saturated rings. The van der Waals surface area contributed by atoms with Gasteiger partial charge in [-0.2, -0.15) is 0 Å². The quantitative estimate of drug-likeness (QED) is 0.668. The molecule has 0 saturated heterocycles. The Morgan fingerprint density at radius 3 is 2.79 bits per heavy atom. The predicted molar refractivity (Wildman–Crippen MR) is 52.7 cm³/mol. The van der Waals surface area contributed by atoms with Crippen molar-refractivity contribution in [1.29, 1.82) is 0 Å². The Hall–Kier alpha value is -1.18. The topological polar surface area (TPSA) is 17.1 Å². The van der Waals surface area contributed by atoms with Crippen molar-refractivity contribution in [3.8, 4) is 0 Å². The van der Waals surface area contributed by atoms with Gasteiger partial charge in [-0.1, -0.05) is 6.07 Å². The zero-order valence-corrected chi connectivity index (χ0v) is 8.22. The van der Waals surface area contributed by atoms with E-state index >= 15 is 0 Å². The number of ketones is 1. The van der Waals surface area contributed by atoms with Crippen LogP contribution in [-0.2, 0) is 4.79 Å². The molecular formula is C12H13FO. The molecular weight excluding hydrogens is 179 g/mol. The molecule has 1 aliphatic rings. The van der Waals surface area contributed by atoms with Crippen LogP contribution in [0.25, 0.3) is 0 Å². The molecule has 0 aromatic heterocycles. The van der Waals surface area contributed by atoms with E-state index in [1.165, 1.54) is 12.1 Å². The molecule has 1 aromatic rings. The van der Waals surface area contributed by atoms with E-state index in [0.717, 1.165) is 17.5 Å². The molecule has 0 radical (unpaired) electrons. The molecule has 0 heterocycles. The summed E-state index contributed by atoms with van der Waals surface area (Å²) in [5.74, 6) is 0.456. The second kappa shape index (κ2) is 3.52.